The molecule has 162 valence electrons. The summed E-state index contributed by atoms with van der Waals surface area (Å²) in [7, 11) is 0. The zero-order valence-corrected chi connectivity index (χ0v) is 18.8. The Morgan fingerprint density at radius 3 is 2.74 bits per heavy atom. The van der Waals surface area contributed by atoms with Crippen molar-refractivity contribution in [1.82, 2.24) is 29.3 Å². The molecule has 5 heterocycles. The molecule has 2 aliphatic rings. The lowest BCUT2D eigenvalue weighted by atomic mass is 9.75. The van der Waals surface area contributed by atoms with Gasteiger partial charge in [0.05, 0.1) is 24.0 Å². The number of hydrogen-bond acceptors (Lipinski definition) is 6. The fourth-order valence-corrected chi connectivity index (χ4v) is 5.69. The minimum absolute atomic E-state index is 0.0994. The van der Waals surface area contributed by atoms with Crippen LogP contribution in [0.25, 0.3) is 0 Å². The van der Waals surface area contributed by atoms with Gasteiger partial charge >= 0.3 is 0 Å². The van der Waals surface area contributed by atoms with E-state index in [-0.39, 0.29) is 11.8 Å². The molecule has 2 saturated heterocycles. The standard InChI is InChI=1S/C23H28N6OS/c1-17(2)29-13-20(26-16-29)19-12-27(14-21-25-8-10-31-21)15-23(19)5-9-28(22(23)30)11-18-3-6-24-7-4-18/h3-4,6-8,10,13,16-17,19H,5,9,11-12,14-15H2,1-2H3/t19-,23-/m0/s1. The molecular formula is C23H28N6OS. The van der Waals surface area contributed by atoms with E-state index in [1.807, 2.05) is 34.9 Å². The molecule has 3 aromatic heterocycles. The third-order valence-corrected chi connectivity index (χ3v) is 7.46. The second-order valence-corrected chi connectivity index (χ2v) is 9.95. The lowest BCUT2D eigenvalue weighted by Crippen LogP contribution is -2.39. The van der Waals surface area contributed by atoms with Crippen molar-refractivity contribution in [2.75, 3.05) is 19.6 Å². The predicted octanol–water partition coefficient (Wildman–Crippen LogP) is 3.33. The van der Waals surface area contributed by atoms with Crippen molar-refractivity contribution in [1.29, 1.82) is 0 Å². The summed E-state index contributed by atoms with van der Waals surface area (Å²) in [5.74, 6) is 0.359. The number of nitrogens with zero attached hydrogens (tertiary/aromatic N) is 6. The lowest BCUT2D eigenvalue weighted by molar-refractivity contribution is -0.136. The second-order valence-electron chi connectivity index (χ2n) is 8.98. The highest BCUT2D eigenvalue weighted by molar-refractivity contribution is 7.09. The van der Waals surface area contributed by atoms with Crippen LogP contribution in [0.15, 0.2) is 48.6 Å². The highest BCUT2D eigenvalue weighted by Gasteiger charge is 2.57. The Bertz CT molecular complexity index is 1030. The van der Waals surface area contributed by atoms with Crippen molar-refractivity contribution in [3.8, 4) is 0 Å². The molecule has 31 heavy (non-hydrogen) atoms. The smallest absolute Gasteiger partial charge is 0.231 e. The summed E-state index contributed by atoms with van der Waals surface area (Å²) in [6.45, 7) is 8.12. The van der Waals surface area contributed by atoms with Gasteiger partial charge in [0.2, 0.25) is 5.91 Å². The molecule has 2 atom stereocenters. The molecule has 0 aromatic carbocycles. The fourth-order valence-electron chi connectivity index (χ4n) is 5.03. The Labute approximate surface area is 186 Å². The lowest BCUT2D eigenvalue weighted by Gasteiger charge is -2.28. The summed E-state index contributed by atoms with van der Waals surface area (Å²) in [4.78, 5) is 31.6. The first-order valence-corrected chi connectivity index (χ1v) is 11.8. The fraction of sp³-hybridized carbons (Fsp3) is 0.478. The molecule has 1 amide bonds. The molecule has 1 spiro atoms. The van der Waals surface area contributed by atoms with Gasteiger partial charge in [-0.15, -0.1) is 11.3 Å². The maximum absolute atomic E-state index is 13.8. The number of likely N-dealkylation sites (tertiary alicyclic amines) is 2. The summed E-state index contributed by atoms with van der Waals surface area (Å²) in [5, 5.41) is 3.11. The SMILES string of the molecule is CC(C)n1cnc([C@@H]2CN(Cc3nccs3)C[C@@]23CCN(Cc2ccncc2)C3=O)c1. The zero-order valence-electron chi connectivity index (χ0n) is 18.0. The Balaban J connectivity index is 1.43. The van der Waals surface area contributed by atoms with Crippen molar-refractivity contribution in [3.63, 3.8) is 0 Å². The maximum atomic E-state index is 13.8. The van der Waals surface area contributed by atoms with E-state index in [2.05, 4.69) is 39.5 Å². The number of amides is 1. The number of imidazole rings is 1. The molecule has 0 bridgehead atoms. The Morgan fingerprint density at radius 1 is 1.19 bits per heavy atom. The van der Waals surface area contributed by atoms with Crippen LogP contribution in [0.2, 0.25) is 0 Å². The molecule has 7 nitrogen and oxygen atoms in total. The molecule has 0 aliphatic carbocycles. The Hall–Kier alpha value is -2.58. The van der Waals surface area contributed by atoms with E-state index in [1.54, 1.807) is 23.7 Å². The van der Waals surface area contributed by atoms with E-state index in [0.29, 0.717) is 12.6 Å². The van der Waals surface area contributed by atoms with Gasteiger partial charge in [-0.25, -0.2) is 9.97 Å². The largest absolute Gasteiger partial charge is 0.338 e. The minimum Gasteiger partial charge on any atom is -0.338 e. The van der Waals surface area contributed by atoms with Crippen molar-refractivity contribution in [2.24, 2.45) is 5.41 Å². The average Bonchev–Trinajstić information content (AvgIpc) is 3.55. The second kappa shape index (κ2) is 8.16. The van der Waals surface area contributed by atoms with Gasteiger partial charge in [-0.3, -0.25) is 14.7 Å². The minimum atomic E-state index is -0.416. The van der Waals surface area contributed by atoms with Crippen LogP contribution < -0.4 is 0 Å². The van der Waals surface area contributed by atoms with Crippen LogP contribution in [0.1, 0.15) is 48.5 Å². The predicted molar refractivity (Wildman–Crippen MR) is 119 cm³/mol. The topological polar surface area (TPSA) is 67.2 Å². The molecule has 2 aliphatic heterocycles. The number of hydrogen-bond donors (Lipinski definition) is 0. The quantitative estimate of drug-likeness (QED) is 0.593. The Morgan fingerprint density at radius 2 is 2.03 bits per heavy atom. The van der Waals surface area contributed by atoms with Gasteiger partial charge < -0.3 is 9.47 Å². The van der Waals surface area contributed by atoms with Crippen LogP contribution in [0.3, 0.4) is 0 Å². The maximum Gasteiger partial charge on any atom is 0.231 e. The normalized spacial score (nSPS) is 24.2. The molecular weight excluding hydrogens is 408 g/mol. The highest BCUT2D eigenvalue weighted by Crippen LogP contribution is 2.50. The van der Waals surface area contributed by atoms with Crippen LogP contribution in [-0.2, 0) is 17.9 Å². The average molecular weight is 437 g/mol. The Kier molecular flexibility index (Phi) is 5.35. The van der Waals surface area contributed by atoms with Gasteiger partial charge in [-0.2, -0.15) is 0 Å². The first kappa shape index (κ1) is 20.3. The van der Waals surface area contributed by atoms with E-state index in [0.717, 1.165) is 48.9 Å². The van der Waals surface area contributed by atoms with Crippen molar-refractivity contribution in [3.05, 3.63) is 64.9 Å². The number of rotatable bonds is 6. The van der Waals surface area contributed by atoms with Gasteiger partial charge in [-0.05, 0) is 38.0 Å². The van der Waals surface area contributed by atoms with Crippen LogP contribution in [0.5, 0.6) is 0 Å². The van der Waals surface area contributed by atoms with Crippen LogP contribution in [0, 0.1) is 5.41 Å². The van der Waals surface area contributed by atoms with E-state index >= 15 is 0 Å². The summed E-state index contributed by atoms with van der Waals surface area (Å²) in [5.41, 5.74) is 1.74. The first-order valence-electron chi connectivity index (χ1n) is 10.9. The van der Waals surface area contributed by atoms with Gasteiger partial charge in [0.1, 0.15) is 5.01 Å². The van der Waals surface area contributed by atoms with Crippen molar-refractivity contribution in [2.45, 2.75) is 45.3 Å². The van der Waals surface area contributed by atoms with Gasteiger partial charge in [0.15, 0.2) is 0 Å². The van der Waals surface area contributed by atoms with Gasteiger partial charge in [0, 0.05) is 68.3 Å². The highest BCUT2D eigenvalue weighted by atomic mass is 32.1. The molecule has 5 rings (SSSR count). The molecule has 0 radical (unpaired) electrons. The van der Waals surface area contributed by atoms with E-state index in [4.69, 9.17) is 4.98 Å². The summed E-state index contributed by atoms with van der Waals surface area (Å²) in [6, 6.07) is 4.33. The monoisotopic (exact) mass is 436 g/mol. The van der Waals surface area contributed by atoms with Gasteiger partial charge in [-0.1, -0.05) is 0 Å². The summed E-state index contributed by atoms with van der Waals surface area (Å²) in [6.07, 6.45) is 10.3. The number of carbonyl (C=O) groups excluding carboxylic acids is 1. The van der Waals surface area contributed by atoms with Crippen LogP contribution in [-0.4, -0.2) is 54.9 Å². The van der Waals surface area contributed by atoms with E-state index in [9.17, 15) is 4.79 Å². The molecule has 3 aromatic rings. The zero-order chi connectivity index (χ0) is 21.4. The van der Waals surface area contributed by atoms with Crippen LogP contribution >= 0.6 is 11.3 Å². The molecule has 0 N–H and O–H groups in total. The van der Waals surface area contributed by atoms with E-state index < -0.39 is 5.41 Å². The third-order valence-electron chi connectivity index (χ3n) is 6.69. The number of carbonyl (C=O) groups is 1. The molecule has 2 fully saturated rings. The van der Waals surface area contributed by atoms with Crippen molar-refractivity contribution >= 4 is 17.2 Å². The first-order chi connectivity index (χ1) is 15.0. The summed E-state index contributed by atoms with van der Waals surface area (Å²) >= 11 is 1.68. The van der Waals surface area contributed by atoms with Crippen molar-refractivity contribution < 1.29 is 4.79 Å². The third kappa shape index (κ3) is 3.78. The molecule has 0 saturated carbocycles. The molecule has 0 unspecified atom stereocenters. The summed E-state index contributed by atoms with van der Waals surface area (Å²) < 4.78 is 2.14. The van der Waals surface area contributed by atoms with Crippen LogP contribution in [0.4, 0.5) is 0 Å². The molecule has 8 heteroatoms. The van der Waals surface area contributed by atoms with E-state index in [1.165, 1.54) is 0 Å². The number of aromatic nitrogens is 4. The van der Waals surface area contributed by atoms with Gasteiger partial charge in [0.25, 0.3) is 0 Å². The number of pyridine rings is 1. The number of thiazole rings is 1.